The van der Waals surface area contributed by atoms with Crippen LogP contribution in [0.3, 0.4) is 0 Å². The van der Waals surface area contributed by atoms with Crippen LogP contribution < -0.4 is 0 Å². The van der Waals surface area contributed by atoms with E-state index in [1.165, 1.54) is 0 Å². The van der Waals surface area contributed by atoms with Crippen LogP contribution in [0.15, 0.2) is 69.5 Å². The number of β-amino-alcohol motifs (C(OH)–C–C–N with tert-alkyl or cyclic N) is 1. The van der Waals surface area contributed by atoms with Gasteiger partial charge in [0.05, 0.1) is 22.8 Å². The third-order valence-corrected chi connectivity index (χ3v) is 8.83. The predicted octanol–water partition coefficient (Wildman–Crippen LogP) is 7.95. The summed E-state index contributed by atoms with van der Waals surface area (Å²) in [4.78, 5) is 11.8. The van der Waals surface area contributed by atoms with E-state index in [0.717, 1.165) is 51.9 Å². The van der Waals surface area contributed by atoms with Crippen LogP contribution in [0.25, 0.3) is 56.2 Å². The summed E-state index contributed by atoms with van der Waals surface area (Å²) in [7, 11) is 0. The van der Waals surface area contributed by atoms with Crippen molar-refractivity contribution in [1.29, 1.82) is 0 Å². The molecule has 3 heterocycles. The number of rotatable bonds is 6. The van der Waals surface area contributed by atoms with Gasteiger partial charge in [-0.15, -0.1) is 0 Å². The fourth-order valence-electron chi connectivity index (χ4n) is 6.04. The van der Waals surface area contributed by atoms with E-state index >= 15 is 0 Å². The van der Waals surface area contributed by atoms with Gasteiger partial charge in [-0.25, -0.2) is 9.97 Å². The number of likely N-dealkylation sites (tertiary alicyclic amines) is 1. The molecule has 0 saturated carbocycles. The number of hydrogen-bond donors (Lipinski definition) is 2. The molecule has 218 valence electrons. The van der Waals surface area contributed by atoms with E-state index in [0.29, 0.717) is 62.7 Å². The molecule has 2 aromatic heterocycles. The lowest BCUT2D eigenvalue weighted by Crippen LogP contribution is -2.21. The first-order valence-electron chi connectivity index (χ1n) is 14.2. The zero-order valence-corrected chi connectivity index (χ0v) is 25.2. The Morgan fingerprint density at radius 1 is 0.791 bits per heavy atom. The molecule has 0 aliphatic carbocycles. The molecule has 7 rings (SSSR count). The van der Waals surface area contributed by atoms with Gasteiger partial charge in [-0.05, 0) is 90.0 Å². The van der Waals surface area contributed by atoms with Gasteiger partial charge >= 0.3 is 0 Å². The number of hydrogen-bond acceptors (Lipinski definition) is 7. The highest BCUT2D eigenvalue weighted by atomic mass is 35.5. The molecular weight excluding hydrogens is 585 g/mol. The molecule has 0 amide bonds. The molecule has 1 aliphatic rings. The maximum atomic E-state index is 9.90. The van der Waals surface area contributed by atoms with Crippen molar-refractivity contribution in [3.63, 3.8) is 0 Å². The summed E-state index contributed by atoms with van der Waals surface area (Å²) in [6, 6.07) is 19.5. The van der Waals surface area contributed by atoms with Crippen molar-refractivity contribution in [3.8, 4) is 34.0 Å². The topological polar surface area (TPSA) is 95.8 Å². The van der Waals surface area contributed by atoms with E-state index in [2.05, 4.69) is 24.0 Å². The summed E-state index contributed by atoms with van der Waals surface area (Å²) >= 11 is 13.1. The van der Waals surface area contributed by atoms with Gasteiger partial charge in [0.1, 0.15) is 11.0 Å². The number of aliphatic hydroxyl groups excluding tert-OH is 2. The monoisotopic (exact) mass is 613 g/mol. The second-order valence-electron chi connectivity index (χ2n) is 11.2. The van der Waals surface area contributed by atoms with Gasteiger partial charge in [0.15, 0.2) is 11.2 Å². The Bertz CT molecular complexity index is 2020. The summed E-state index contributed by atoms with van der Waals surface area (Å²) in [5.74, 6) is 0.972. The van der Waals surface area contributed by atoms with E-state index in [-0.39, 0.29) is 12.7 Å². The molecule has 0 spiro atoms. The molecule has 2 N–H and O–H groups in total. The van der Waals surface area contributed by atoms with Crippen molar-refractivity contribution >= 4 is 45.4 Å². The fourth-order valence-corrected chi connectivity index (χ4v) is 6.59. The zero-order valence-electron chi connectivity index (χ0n) is 23.7. The van der Waals surface area contributed by atoms with Crippen LogP contribution in [0, 0.1) is 13.8 Å². The summed E-state index contributed by atoms with van der Waals surface area (Å²) in [5, 5.41) is 20.4. The molecule has 4 aromatic carbocycles. The lowest BCUT2D eigenvalue weighted by Gasteiger charge is -2.14. The molecule has 9 heteroatoms. The van der Waals surface area contributed by atoms with E-state index in [9.17, 15) is 10.2 Å². The quantitative estimate of drug-likeness (QED) is 0.197. The number of nitrogens with zero attached hydrogens (tertiary/aromatic N) is 3. The Labute approximate surface area is 258 Å². The first-order chi connectivity index (χ1) is 20.8. The lowest BCUT2D eigenvalue weighted by atomic mass is 9.91. The van der Waals surface area contributed by atoms with Gasteiger partial charge in [0.25, 0.3) is 0 Å². The van der Waals surface area contributed by atoms with Crippen LogP contribution in [0.1, 0.15) is 28.7 Å². The minimum Gasteiger partial charge on any atom is -0.434 e. The van der Waals surface area contributed by atoms with Crippen LogP contribution >= 0.6 is 23.2 Å². The number of halogens is 2. The van der Waals surface area contributed by atoms with Crippen LogP contribution in [-0.4, -0.2) is 44.3 Å². The van der Waals surface area contributed by atoms with E-state index in [1.54, 1.807) is 12.1 Å². The first-order valence-corrected chi connectivity index (χ1v) is 14.9. The van der Waals surface area contributed by atoms with E-state index in [4.69, 9.17) is 42.0 Å². The largest absolute Gasteiger partial charge is 0.434 e. The molecule has 7 nitrogen and oxygen atoms in total. The van der Waals surface area contributed by atoms with Gasteiger partial charge in [-0.2, -0.15) is 0 Å². The second kappa shape index (κ2) is 11.1. The number of aliphatic hydroxyl groups is 2. The maximum Gasteiger partial charge on any atom is 0.227 e. The summed E-state index contributed by atoms with van der Waals surface area (Å²) in [6.07, 6.45) is 0.516. The Kier molecular flexibility index (Phi) is 7.24. The van der Waals surface area contributed by atoms with Crippen LogP contribution in [0.5, 0.6) is 0 Å². The summed E-state index contributed by atoms with van der Waals surface area (Å²) < 4.78 is 12.3. The Morgan fingerprint density at radius 2 is 1.30 bits per heavy atom. The third kappa shape index (κ3) is 5.11. The molecule has 1 unspecified atom stereocenters. The minimum absolute atomic E-state index is 0.126. The first kappa shape index (κ1) is 28.1. The smallest absolute Gasteiger partial charge is 0.227 e. The third-order valence-electron chi connectivity index (χ3n) is 8.26. The molecule has 1 aliphatic heterocycles. The van der Waals surface area contributed by atoms with Crippen molar-refractivity contribution in [2.75, 3.05) is 13.1 Å². The second-order valence-corrected chi connectivity index (χ2v) is 12.0. The Morgan fingerprint density at radius 3 is 1.81 bits per heavy atom. The Hall–Kier alpha value is -3.72. The number of oxazole rings is 2. The molecule has 43 heavy (non-hydrogen) atoms. The van der Waals surface area contributed by atoms with Gasteiger partial charge in [-0.1, -0.05) is 47.5 Å². The molecule has 1 fully saturated rings. The summed E-state index contributed by atoms with van der Waals surface area (Å²) in [6.45, 7) is 6.21. The number of benzene rings is 4. The molecule has 6 aromatic rings. The molecule has 0 radical (unpaired) electrons. The number of fused-ring (bicyclic) bond motifs is 2. The van der Waals surface area contributed by atoms with Crippen molar-refractivity contribution in [1.82, 2.24) is 14.9 Å². The van der Waals surface area contributed by atoms with E-state index < -0.39 is 0 Å². The van der Waals surface area contributed by atoms with Crippen molar-refractivity contribution in [2.45, 2.75) is 39.5 Å². The molecule has 1 atom stereocenters. The van der Waals surface area contributed by atoms with Crippen LogP contribution in [0.4, 0.5) is 0 Å². The average Bonchev–Trinajstić information content (AvgIpc) is 3.72. The van der Waals surface area contributed by atoms with Gasteiger partial charge < -0.3 is 19.0 Å². The minimum atomic E-state index is -0.272. The highest BCUT2D eigenvalue weighted by Gasteiger charge is 2.22. The van der Waals surface area contributed by atoms with Gasteiger partial charge in [0.2, 0.25) is 11.8 Å². The summed E-state index contributed by atoms with van der Waals surface area (Å²) in [5.41, 5.74) is 9.91. The highest BCUT2D eigenvalue weighted by molar-refractivity contribution is 6.35. The molecule has 1 saturated heterocycles. The van der Waals surface area contributed by atoms with Crippen LogP contribution in [-0.2, 0) is 13.2 Å². The van der Waals surface area contributed by atoms with Crippen LogP contribution in [0.2, 0.25) is 10.0 Å². The fraction of sp³-hybridized carbons (Fsp3) is 0.235. The van der Waals surface area contributed by atoms with Crippen molar-refractivity contribution < 1.29 is 19.0 Å². The lowest BCUT2D eigenvalue weighted by molar-refractivity contribution is 0.175. The predicted molar refractivity (Wildman–Crippen MR) is 169 cm³/mol. The average molecular weight is 615 g/mol. The SMILES string of the molecule is Cc1c(-c2nc3cc(CO)cc(Cl)c3o2)cccc1-c1cccc(-c2nc3cc(CN4CCC(O)C4)cc(Cl)c3o2)c1C. The highest BCUT2D eigenvalue weighted by Crippen LogP contribution is 2.39. The Balaban J connectivity index is 1.25. The van der Waals surface area contributed by atoms with Gasteiger partial charge in [0, 0.05) is 30.8 Å². The molecule has 0 bridgehead atoms. The van der Waals surface area contributed by atoms with E-state index in [1.807, 2.05) is 43.3 Å². The van der Waals surface area contributed by atoms with Crippen molar-refractivity contribution in [2.24, 2.45) is 0 Å². The van der Waals surface area contributed by atoms with Crippen molar-refractivity contribution in [3.05, 3.63) is 93.0 Å². The molecular formula is C34H29Cl2N3O4. The standard InChI is InChI=1S/C34H29Cl2N3O4/c1-18-23(24-6-4-8-26(19(24)2)34-38-30-14-21(17-40)12-28(36)32(30)43-34)5-3-7-25(18)33-37-29-13-20(11-27(35)31(29)42-33)15-39-10-9-22(41)16-39/h3-8,11-14,22,40-41H,9-10,15-17H2,1-2H3. The van der Waals surface area contributed by atoms with Gasteiger partial charge in [-0.3, -0.25) is 4.90 Å². The normalized spacial score (nSPS) is 15.7. The maximum absolute atomic E-state index is 9.90. The number of aromatic nitrogens is 2. The zero-order chi connectivity index (χ0) is 29.8.